The van der Waals surface area contributed by atoms with E-state index in [4.69, 9.17) is 4.74 Å². The standard InChI is InChI=1S/C25H35N5O5/c1-6-19-18(9-10-20(31)29-15(4)12-35-13-16(29)5)23-28(11-14(2)3)24(33)21(25(34)30(23)27-19)22(32)26-17-7-8-17/h9-10,14-17,33H,6-8,11-13H2,1-5H3,(H,26,32)/b10-9+/t15-,16-/m0/s1. The Bertz CT molecular complexity index is 1210. The van der Waals surface area contributed by atoms with E-state index in [1.54, 1.807) is 15.5 Å². The van der Waals surface area contributed by atoms with E-state index < -0.39 is 11.5 Å². The van der Waals surface area contributed by atoms with Gasteiger partial charge in [-0.1, -0.05) is 20.8 Å². The van der Waals surface area contributed by atoms with Crippen LogP contribution in [0, 0.1) is 5.92 Å². The summed E-state index contributed by atoms with van der Waals surface area (Å²) in [5, 5.41) is 18.4. The van der Waals surface area contributed by atoms with Crippen LogP contribution in [0.25, 0.3) is 11.7 Å². The van der Waals surface area contributed by atoms with Crippen LogP contribution < -0.4 is 10.9 Å². The van der Waals surface area contributed by atoms with Crippen molar-refractivity contribution in [2.45, 2.75) is 78.6 Å². The highest BCUT2D eigenvalue weighted by Crippen LogP contribution is 2.27. The van der Waals surface area contributed by atoms with Gasteiger partial charge in [-0.25, -0.2) is 0 Å². The maximum absolute atomic E-state index is 13.3. The Balaban J connectivity index is 1.84. The van der Waals surface area contributed by atoms with E-state index in [9.17, 15) is 19.5 Å². The Kier molecular flexibility index (Phi) is 7.02. The van der Waals surface area contributed by atoms with Crippen molar-refractivity contribution >= 4 is 23.5 Å². The quantitative estimate of drug-likeness (QED) is 0.579. The average Bonchev–Trinajstić information content (AvgIpc) is 3.52. The summed E-state index contributed by atoms with van der Waals surface area (Å²) in [6, 6.07) is -0.0730. The number of rotatable bonds is 7. The lowest BCUT2D eigenvalue weighted by atomic mass is 10.1. The third-order valence-electron chi connectivity index (χ3n) is 6.45. The summed E-state index contributed by atoms with van der Waals surface area (Å²) in [6.07, 6.45) is 5.38. The smallest absolute Gasteiger partial charge is 0.291 e. The number of aromatic hydroxyl groups is 1. The highest BCUT2D eigenvalue weighted by atomic mass is 16.5. The minimum atomic E-state index is -0.674. The van der Waals surface area contributed by atoms with Gasteiger partial charge in [0.25, 0.3) is 11.5 Å². The van der Waals surface area contributed by atoms with E-state index in [2.05, 4.69) is 10.4 Å². The van der Waals surface area contributed by atoms with Gasteiger partial charge in [0.15, 0.2) is 5.56 Å². The number of carbonyl (C=O) groups is 2. The van der Waals surface area contributed by atoms with Crippen molar-refractivity contribution in [2.24, 2.45) is 5.92 Å². The number of nitrogens with zero attached hydrogens (tertiary/aromatic N) is 4. The summed E-state index contributed by atoms with van der Waals surface area (Å²) < 4.78 is 8.27. The number of fused-ring (bicyclic) bond motifs is 1. The van der Waals surface area contributed by atoms with E-state index in [1.165, 1.54) is 10.6 Å². The molecule has 3 heterocycles. The van der Waals surface area contributed by atoms with Crippen molar-refractivity contribution in [3.63, 3.8) is 0 Å². The van der Waals surface area contributed by atoms with E-state index in [0.29, 0.717) is 43.1 Å². The molecule has 10 heteroatoms. The number of hydrogen-bond acceptors (Lipinski definition) is 6. The summed E-state index contributed by atoms with van der Waals surface area (Å²) >= 11 is 0. The predicted molar refractivity (Wildman–Crippen MR) is 131 cm³/mol. The van der Waals surface area contributed by atoms with Gasteiger partial charge in [-0.2, -0.15) is 9.61 Å². The highest BCUT2D eigenvalue weighted by Gasteiger charge is 2.31. The lowest BCUT2D eigenvalue weighted by Crippen LogP contribution is -2.51. The van der Waals surface area contributed by atoms with Crippen LogP contribution in [0.2, 0.25) is 0 Å². The first-order valence-corrected chi connectivity index (χ1v) is 12.4. The van der Waals surface area contributed by atoms with Crippen LogP contribution in [0.5, 0.6) is 5.88 Å². The molecular formula is C25H35N5O5. The topological polar surface area (TPSA) is 118 Å². The molecule has 10 nitrogen and oxygen atoms in total. The zero-order valence-electron chi connectivity index (χ0n) is 21.1. The molecule has 1 saturated heterocycles. The lowest BCUT2D eigenvalue weighted by molar-refractivity contribution is -0.138. The van der Waals surface area contributed by atoms with Crippen molar-refractivity contribution in [1.82, 2.24) is 24.4 Å². The summed E-state index contributed by atoms with van der Waals surface area (Å²) in [7, 11) is 0. The first-order chi connectivity index (χ1) is 16.6. The number of aromatic nitrogens is 3. The van der Waals surface area contributed by atoms with Crippen LogP contribution >= 0.6 is 0 Å². The Labute approximate surface area is 204 Å². The summed E-state index contributed by atoms with van der Waals surface area (Å²) in [5.74, 6) is -1.02. The van der Waals surface area contributed by atoms with Gasteiger partial charge in [-0.15, -0.1) is 0 Å². The molecule has 2 N–H and O–H groups in total. The molecule has 0 bridgehead atoms. The Morgan fingerprint density at radius 2 is 1.89 bits per heavy atom. The molecule has 35 heavy (non-hydrogen) atoms. The van der Waals surface area contributed by atoms with Gasteiger partial charge >= 0.3 is 0 Å². The molecule has 2 aliphatic rings. The van der Waals surface area contributed by atoms with Crippen molar-refractivity contribution in [3.05, 3.63) is 33.3 Å². The maximum Gasteiger partial charge on any atom is 0.291 e. The minimum absolute atomic E-state index is 0.0360. The molecule has 2 fully saturated rings. The first-order valence-electron chi connectivity index (χ1n) is 12.4. The van der Waals surface area contributed by atoms with Crippen LogP contribution in [0.1, 0.15) is 69.1 Å². The summed E-state index contributed by atoms with van der Waals surface area (Å²) in [5.41, 5.74) is 0.570. The SMILES string of the molecule is CCc1nn2c(=O)c(C(=O)NC3CC3)c(O)n(CC(C)C)c2c1/C=C/C(=O)N1[C@@H](C)COC[C@@H]1C. The van der Waals surface area contributed by atoms with Gasteiger partial charge in [0, 0.05) is 24.2 Å². The molecule has 1 saturated carbocycles. The van der Waals surface area contributed by atoms with Gasteiger partial charge in [-0.3, -0.25) is 19.0 Å². The minimum Gasteiger partial charge on any atom is -0.494 e. The molecule has 2 amide bonds. The molecule has 4 rings (SSSR count). The van der Waals surface area contributed by atoms with Crippen LogP contribution in [-0.2, 0) is 22.5 Å². The number of morpholine rings is 1. The fourth-order valence-corrected chi connectivity index (χ4v) is 4.64. The van der Waals surface area contributed by atoms with Crippen molar-refractivity contribution in [3.8, 4) is 5.88 Å². The molecular weight excluding hydrogens is 450 g/mol. The molecule has 0 spiro atoms. The Morgan fingerprint density at radius 3 is 2.46 bits per heavy atom. The van der Waals surface area contributed by atoms with Crippen molar-refractivity contribution in [2.75, 3.05) is 13.2 Å². The predicted octanol–water partition coefficient (Wildman–Crippen LogP) is 1.96. The summed E-state index contributed by atoms with van der Waals surface area (Å²) in [6.45, 7) is 11.1. The first kappa shape index (κ1) is 25.0. The fourth-order valence-electron chi connectivity index (χ4n) is 4.64. The van der Waals surface area contributed by atoms with Gasteiger partial charge < -0.3 is 20.1 Å². The van der Waals surface area contributed by atoms with Crippen LogP contribution in [0.4, 0.5) is 0 Å². The van der Waals surface area contributed by atoms with Crippen LogP contribution in [0.15, 0.2) is 10.9 Å². The molecule has 2 aromatic heterocycles. The number of amides is 2. The van der Waals surface area contributed by atoms with Gasteiger partial charge in [0.1, 0.15) is 5.65 Å². The number of aryl methyl sites for hydroxylation is 1. The molecule has 0 unspecified atom stereocenters. The zero-order chi connectivity index (χ0) is 25.4. The number of nitrogens with one attached hydrogen (secondary N) is 1. The van der Waals surface area contributed by atoms with E-state index in [0.717, 1.165) is 12.8 Å². The van der Waals surface area contributed by atoms with E-state index in [1.807, 2.05) is 34.6 Å². The Morgan fingerprint density at radius 1 is 1.23 bits per heavy atom. The van der Waals surface area contributed by atoms with Gasteiger partial charge in [-0.05, 0) is 45.1 Å². The van der Waals surface area contributed by atoms with Crippen LogP contribution in [0.3, 0.4) is 0 Å². The second-order valence-electron chi connectivity index (χ2n) is 10.0. The third kappa shape index (κ3) is 4.84. The highest BCUT2D eigenvalue weighted by molar-refractivity contribution is 5.97. The monoisotopic (exact) mass is 485 g/mol. The molecule has 0 radical (unpaired) electrons. The fraction of sp³-hybridized carbons (Fsp3) is 0.600. The van der Waals surface area contributed by atoms with E-state index >= 15 is 0 Å². The van der Waals surface area contributed by atoms with Gasteiger partial charge in [0.05, 0.1) is 31.0 Å². The van der Waals surface area contributed by atoms with Crippen molar-refractivity contribution in [1.29, 1.82) is 0 Å². The van der Waals surface area contributed by atoms with Crippen LogP contribution in [-0.4, -0.2) is 67.3 Å². The second-order valence-corrected chi connectivity index (χ2v) is 10.0. The lowest BCUT2D eigenvalue weighted by Gasteiger charge is -2.38. The number of ether oxygens (including phenoxy) is 1. The number of carbonyl (C=O) groups excluding carboxylic acids is 2. The molecule has 1 aliphatic carbocycles. The summed E-state index contributed by atoms with van der Waals surface area (Å²) in [4.78, 5) is 41.0. The molecule has 2 atom stereocenters. The normalized spacial score (nSPS) is 20.8. The number of hydrogen-bond donors (Lipinski definition) is 2. The van der Waals surface area contributed by atoms with Crippen molar-refractivity contribution < 1.29 is 19.4 Å². The Hall–Kier alpha value is -3.14. The third-order valence-corrected chi connectivity index (χ3v) is 6.45. The van der Waals surface area contributed by atoms with E-state index in [-0.39, 0.29) is 41.4 Å². The maximum atomic E-state index is 13.3. The van der Waals surface area contributed by atoms with Gasteiger partial charge in [0.2, 0.25) is 11.8 Å². The average molecular weight is 486 g/mol. The zero-order valence-corrected chi connectivity index (χ0v) is 21.1. The molecule has 0 aromatic carbocycles. The second kappa shape index (κ2) is 9.85. The molecule has 2 aromatic rings. The largest absolute Gasteiger partial charge is 0.494 e. The molecule has 190 valence electrons. The molecule has 1 aliphatic heterocycles.